The summed E-state index contributed by atoms with van der Waals surface area (Å²) < 4.78 is 5.85. The fraction of sp³-hybridized carbons (Fsp3) is 0.267. The number of para-hydroxylation sites is 1. The van der Waals surface area contributed by atoms with Gasteiger partial charge in [-0.25, -0.2) is 4.98 Å². The van der Waals surface area contributed by atoms with Gasteiger partial charge in [0.15, 0.2) is 0 Å². The Hall–Kier alpha value is -2.03. The number of nitrogen functional groups attached to an aromatic ring is 1. The molecule has 0 unspecified atom stereocenters. The van der Waals surface area contributed by atoms with Crippen LogP contribution in [-0.2, 0) is 0 Å². The largest absolute Gasteiger partial charge is 0.437 e. The second-order valence-electron chi connectivity index (χ2n) is 4.64. The van der Waals surface area contributed by atoms with Crippen LogP contribution in [0.25, 0.3) is 0 Å². The number of nitrogens with two attached hydrogens (primary N) is 1. The number of hydrogen-bond donors (Lipinski definition) is 1. The Kier molecular flexibility index (Phi) is 3.51. The van der Waals surface area contributed by atoms with E-state index >= 15 is 0 Å². The molecule has 2 aromatic rings. The van der Waals surface area contributed by atoms with Crippen LogP contribution in [0.4, 0.5) is 5.69 Å². The number of pyridine rings is 1. The number of rotatable bonds is 3. The van der Waals surface area contributed by atoms with Gasteiger partial charge >= 0.3 is 0 Å². The van der Waals surface area contributed by atoms with E-state index in [-0.39, 0.29) is 0 Å². The molecule has 1 aromatic heterocycles. The minimum Gasteiger partial charge on any atom is -0.437 e. The van der Waals surface area contributed by atoms with Gasteiger partial charge in [0, 0.05) is 6.20 Å². The van der Waals surface area contributed by atoms with Crippen molar-refractivity contribution in [3.63, 3.8) is 0 Å². The van der Waals surface area contributed by atoms with Gasteiger partial charge in [-0.05, 0) is 36.1 Å². The number of nitrogens with zero attached hydrogens (tertiary/aromatic N) is 1. The summed E-state index contributed by atoms with van der Waals surface area (Å²) in [4.78, 5) is 4.19. The monoisotopic (exact) mass is 242 g/mol. The molecule has 3 nitrogen and oxygen atoms in total. The molecule has 1 heterocycles. The number of hydrogen-bond acceptors (Lipinski definition) is 3. The molecule has 0 saturated heterocycles. The topological polar surface area (TPSA) is 48.1 Å². The summed E-state index contributed by atoms with van der Waals surface area (Å²) in [6.07, 6.45) is 1.71. The lowest BCUT2D eigenvalue weighted by atomic mass is 10.0. The fourth-order valence-corrected chi connectivity index (χ4v) is 1.78. The molecule has 0 aliphatic heterocycles. The number of aryl methyl sites for hydroxylation is 1. The Labute approximate surface area is 108 Å². The van der Waals surface area contributed by atoms with Crippen LogP contribution in [0, 0.1) is 6.92 Å². The van der Waals surface area contributed by atoms with Crippen molar-refractivity contribution >= 4 is 5.69 Å². The Morgan fingerprint density at radius 3 is 2.61 bits per heavy atom. The molecule has 0 amide bonds. The summed E-state index contributed by atoms with van der Waals surface area (Å²) in [5, 5.41) is 0. The zero-order valence-corrected chi connectivity index (χ0v) is 11.0. The lowest BCUT2D eigenvalue weighted by molar-refractivity contribution is 0.456. The molecular weight excluding hydrogens is 224 g/mol. The molecule has 0 aliphatic rings. The molecule has 0 spiro atoms. The zero-order valence-electron chi connectivity index (χ0n) is 11.0. The van der Waals surface area contributed by atoms with Gasteiger partial charge in [-0.3, -0.25) is 0 Å². The van der Waals surface area contributed by atoms with E-state index in [1.807, 2.05) is 31.2 Å². The molecule has 0 atom stereocenters. The standard InChI is InChI=1S/C15H18N2O/c1-10(2)12-6-4-5-7-13(12)18-15-14(16)11(3)8-9-17-15/h4-10H,16H2,1-3H3. The SMILES string of the molecule is Cc1ccnc(Oc2ccccc2C(C)C)c1N. The molecule has 3 heteroatoms. The van der Waals surface area contributed by atoms with Crippen LogP contribution in [0.3, 0.4) is 0 Å². The summed E-state index contributed by atoms with van der Waals surface area (Å²) in [5.41, 5.74) is 8.69. The first-order chi connectivity index (χ1) is 8.59. The third kappa shape index (κ3) is 2.45. The van der Waals surface area contributed by atoms with Crippen molar-refractivity contribution in [2.75, 3.05) is 5.73 Å². The molecule has 0 radical (unpaired) electrons. The van der Waals surface area contributed by atoms with Crippen LogP contribution in [0.1, 0.15) is 30.9 Å². The Balaban J connectivity index is 2.37. The molecule has 0 aliphatic carbocycles. The smallest absolute Gasteiger partial charge is 0.242 e. The highest BCUT2D eigenvalue weighted by Crippen LogP contribution is 2.32. The normalized spacial score (nSPS) is 10.7. The Morgan fingerprint density at radius 2 is 1.89 bits per heavy atom. The van der Waals surface area contributed by atoms with E-state index in [1.54, 1.807) is 6.20 Å². The third-order valence-corrected chi connectivity index (χ3v) is 2.92. The molecular formula is C15H18N2O. The first-order valence-electron chi connectivity index (χ1n) is 6.07. The summed E-state index contributed by atoms with van der Waals surface area (Å²) in [5.74, 6) is 1.69. The molecule has 2 N–H and O–H groups in total. The van der Waals surface area contributed by atoms with Gasteiger partial charge in [-0.1, -0.05) is 32.0 Å². The molecule has 0 saturated carbocycles. The maximum Gasteiger partial charge on any atom is 0.242 e. The van der Waals surface area contributed by atoms with Crippen LogP contribution in [0.15, 0.2) is 36.5 Å². The second-order valence-corrected chi connectivity index (χ2v) is 4.64. The maximum atomic E-state index is 5.97. The lowest BCUT2D eigenvalue weighted by Crippen LogP contribution is -1.99. The number of anilines is 1. The summed E-state index contributed by atoms with van der Waals surface area (Å²) in [7, 11) is 0. The number of ether oxygens (including phenoxy) is 1. The minimum atomic E-state index is 0.396. The van der Waals surface area contributed by atoms with Gasteiger partial charge in [-0.2, -0.15) is 0 Å². The molecule has 18 heavy (non-hydrogen) atoms. The van der Waals surface area contributed by atoms with Crippen LogP contribution < -0.4 is 10.5 Å². The van der Waals surface area contributed by atoms with E-state index in [9.17, 15) is 0 Å². The predicted octanol–water partition coefficient (Wildman–Crippen LogP) is 3.89. The van der Waals surface area contributed by atoms with Crippen molar-refractivity contribution in [3.8, 4) is 11.6 Å². The predicted molar refractivity (Wildman–Crippen MR) is 74.0 cm³/mol. The van der Waals surface area contributed by atoms with E-state index in [1.165, 1.54) is 0 Å². The zero-order chi connectivity index (χ0) is 13.1. The van der Waals surface area contributed by atoms with Crippen LogP contribution in [0.5, 0.6) is 11.6 Å². The van der Waals surface area contributed by atoms with Crippen molar-refractivity contribution in [1.82, 2.24) is 4.98 Å². The van der Waals surface area contributed by atoms with Crippen molar-refractivity contribution < 1.29 is 4.74 Å². The van der Waals surface area contributed by atoms with E-state index in [0.29, 0.717) is 17.5 Å². The van der Waals surface area contributed by atoms with Gasteiger partial charge < -0.3 is 10.5 Å². The van der Waals surface area contributed by atoms with Crippen molar-refractivity contribution in [3.05, 3.63) is 47.7 Å². The highest BCUT2D eigenvalue weighted by molar-refractivity contribution is 5.55. The van der Waals surface area contributed by atoms with Gasteiger partial charge in [0.2, 0.25) is 5.88 Å². The highest BCUT2D eigenvalue weighted by Gasteiger charge is 2.11. The molecule has 2 rings (SSSR count). The first kappa shape index (κ1) is 12.4. The van der Waals surface area contributed by atoms with Crippen molar-refractivity contribution in [2.24, 2.45) is 0 Å². The fourth-order valence-electron chi connectivity index (χ4n) is 1.78. The molecule has 1 aromatic carbocycles. The lowest BCUT2D eigenvalue weighted by Gasteiger charge is -2.14. The van der Waals surface area contributed by atoms with Gasteiger partial charge in [0.05, 0.1) is 5.69 Å². The van der Waals surface area contributed by atoms with Crippen molar-refractivity contribution in [1.29, 1.82) is 0 Å². The second kappa shape index (κ2) is 5.08. The van der Waals surface area contributed by atoms with Crippen molar-refractivity contribution in [2.45, 2.75) is 26.7 Å². The minimum absolute atomic E-state index is 0.396. The van der Waals surface area contributed by atoms with Crippen LogP contribution in [-0.4, -0.2) is 4.98 Å². The summed E-state index contributed by atoms with van der Waals surface area (Å²) >= 11 is 0. The molecule has 94 valence electrons. The molecule has 0 fully saturated rings. The molecule has 0 bridgehead atoms. The van der Waals surface area contributed by atoms with E-state index in [0.717, 1.165) is 16.9 Å². The maximum absolute atomic E-state index is 5.97. The first-order valence-corrected chi connectivity index (χ1v) is 6.07. The van der Waals surface area contributed by atoms with Crippen LogP contribution >= 0.6 is 0 Å². The Bertz CT molecular complexity index is 550. The average Bonchev–Trinajstić information content (AvgIpc) is 2.35. The van der Waals surface area contributed by atoms with Crippen LogP contribution in [0.2, 0.25) is 0 Å². The summed E-state index contributed by atoms with van der Waals surface area (Å²) in [6, 6.07) is 9.84. The quantitative estimate of drug-likeness (QED) is 0.888. The van der Waals surface area contributed by atoms with E-state index < -0.39 is 0 Å². The Morgan fingerprint density at radius 1 is 1.17 bits per heavy atom. The number of aromatic nitrogens is 1. The summed E-state index contributed by atoms with van der Waals surface area (Å²) in [6.45, 7) is 6.21. The van der Waals surface area contributed by atoms with E-state index in [4.69, 9.17) is 10.5 Å². The highest BCUT2D eigenvalue weighted by atomic mass is 16.5. The average molecular weight is 242 g/mol. The van der Waals surface area contributed by atoms with Gasteiger partial charge in [0.1, 0.15) is 5.75 Å². The van der Waals surface area contributed by atoms with Gasteiger partial charge in [-0.15, -0.1) is 0 Å². The third-order valence-electron chi connectivity index (χ3n) is 2.92. The van der Waals surface area contributed by atoms with Gasteiger partial charge in [0.25, 0.3) is 0 Å². The number of benzene rings is 1. The van der Waals surface area contributed by atoms with E-state index in [2.05, 4.69) is 24.9 Å².